The molecule has 1 heterocycles. The van der Waals surface area contributed by atoms with Crippen LogP contribution in [0.3, 0.4) is 0 Å². The third kappa shape index (κ3) is 3.48. The summed E-state index contributed by atoms with van der Waals surface area (Å²) in [5, 5.41) is 3.05. The minimum atomic E-state index is -1.12. The van der Waals surface area contributed by atoms with Gasteiger partial charge in [-0.05, 0) is 27.1 Å². The van der Waals surface area contributed by atoms with Gasteiger partial charge >= 0.3 is 0 Å². The number of carbonyl (C=O) groups excluding carboxylic acids is 1. The van der Waals surface area contributed by atoms with Gasteiger partial charge in [-0.15, -0.1) is 0 Å². The van der Waals surface area contributed by atoms with Crippen LogP contribution in [0.25, 0.3) is 0 Å². The molecule has 0 aliphatic heterocycles. The van der Waals surface area contributed by atoms with Gasteiger partial charge in [0.25, 0.3) is 0 Å². The Balaban J connectivity index is 2.90. The van der Waals surface area contributed by atoms with Gasteiger partial charge in [-0.1, -0.05) is 0 Å². The summed E-state index contributed by atoms with van der Waals surface area (Å²) in [6, 6.07) is 1.26. The molecule has 1 amide bonds. The lowest BCUT2D eigenvalue weighted by atomic mass is 9.92. The van der Waals surface area contributed by atoms with E-state index in [0.29, 0.717) is 12.1 Å². The number of nitrogens with zero attached hydrogens (tertiary/aromatic N) is 2. The van der Waals surface area contributed by atoms with Gasteiger partial charge in [0.2, 0.25) is 5.91 Å². The van der Waals surface area contributed by atoms with Crippen LogP contribution in [0, 0.1) is 5.82 Å². The van der Waals surface area contributed by atoms with Crippen molar-refractivity contribution in [1.82, 2.24) is 15.2 Å². The number of halogens is 1. The fourth-order valence-electron chi connectivity index (χ4n) is 1.55. The summed E-state index contributed by atoms with van der Waals surface area (Å²) in [6.45, 7) is 2.93. The highest BCUT2D eigenvalue weighted by Gasteiger charge is 2.33. The summed E-state index contributed by atoms with van der Waals surface area (Å²) in [4.78, 5) is 17.3. The first-order chi connectivity index (χ1) is 8.36. The van der Waals surface area contributed by atoms with Crippen molar-refractivity contribution in [3.63, 3.8) is 0 Å². The zero-order chi connectivity index (χ0) is 13.8. The molecule has 0 aliphatic carbocycles. The Labute approximate surface area is 106 Å². The maximum absolute atomic E-state index is 13.2. The van der Waals surface area contributed by atoms with Gasteiger partial charge in [0, 0.05) is 24.8 Å². The number of carbonyl (C=O) groups is 1. The first-order valence-electron chi connectivity index (χ1n) is 5.67. The molecular weight excluding hydrogens is 235 g/mol. The molecule has 6 heteroatoms. The van der Waals surface area contributed by atoms with Gasteiger partial charge < -0.3 is 10.6 Å². The van der Waals surface area contributed by atoms with Gasteiger partial charge in [0.05, 0.1) is 6.20 Å². The molecule has 1 atom stereocenters. The van der Waals surface area contributed by atoms with Crippen LogP contribution < -0.4 is 11.1 Å². The largest absolute Gasteiger partial charge is 0.368 e. The Bertz CT molecular complexity index is 424. The minimum absolute atomic E-state index is 0.425. The van der Waals surface area contributed by atoms with E-state index >= 15 is 0 Å². The van der Waals surface area contributed by atoms with E-state index < -0.39 is 17.3 Å². The molecule has 0 radical (unpaired) electrons. The van der Waals surface area contributed by atoms with Crippen molar-refractivity contribution in [3.8, 4) is 0 Å². The Morgan fingerprint density at radius 3 is 2.72 bits per heavy atom. The molecule has 1 aromatic heterocycles. The molecule has 18 heavy (non-hydrogen) atoms. The first-order valence-corrected chi connectivity index (χ1v) is 5.67. The number of primary amides is 1. The average molecular weight is 254 g/mol. The number of nitrogens with two attached hydrogens (primary N) is 1. The molecule has 5 nitrogen and oxygen atoms in total. The average Bonchev–Trinajstić information content (AvgIpc) is 2.28. The number of rotatable bonds is 6. The highest BCUT2D eigenvalue weighted by molar-refractivity contribution is 5.85. The molecule has 1 rings (SSSR count). The van der Waals surface area contributed by atoms with Crippen LogP contribution in [-0.2, 0) is 10.3 Å². The van der Waals surface area contributed by atoms with E-state index in [1.54, 1.807) is 6.92 Å². The summed E-state index contributed by atoms with van der Waals surface area (Å²) < 4.78 is 13.2. The lowest BCUT2D eigenvalue weighted by Gasteiger charge is -2.28. The zero-order valence-corrected chi connectivity index (χ0v) is 10.9. The molecular formula is C12H19FN4O. The van der Waals surface area contributed by atoms with Crippen LogP contribution in [0.5, 0.6) is 0 Å². The van der Waals surface area contributed by atoms with Gasteiger partial charge in [-0.2, -0.15) is 0 Å². The normalized spacial score (nSPS) is 14.5. The number of hydrogen-bond donors (Lipinski definition) is 2. The summed E-state index contributed by atoms with van der Waals surface area (Å²) in [5.74, 6) is -1.05. The van der Waals surface area contributed by atoms with E-state index in [0.717, 1.165) is 12.7 Å². The second-order valence-corrected chi connectivity index (χ2v) is 4.61. The minimum Gasteiger partial charge on any atom is -0.368 e. The van der Waals surface area contributed by atoms with Crippen LogP contribution in [0.15, 0.2) is 18.5 Å². The quantitative estimate of drug-likeness (QED) is 0.754. The van der Waals surface area contributed by atoms with Crippen molar-refractivity contribution in [3.05, 3.63) is 29.8 Å². The van der Waals surface area contributed by atoms with Crippen molar-refractivity contribution in [2.24, 2.45) is 5.73 Å². The van der Waals surface area contributed by atoms with Crippen molar-refractivity contribution in [1.29, 1.82) is 0 Å². The predicted molar refractivity (Wildman–Crippen MR) is 67.3 cm³/mol. The molecule has 3 N–H and O–H groups in total. The SMILES string of the molecule is CN(C)CCNC(C)(C(N)=O)c1cncc(F)c1. The molecule has 0 saturated carbocycles. The lowest BCUT2D eigenvalue weighted by Crippen LogP contribution is -2.52. The topological polar surface area (TPSA) is 71.2 Å². The van der Waals surface area contributed by atoms with Crippen molar-refractivity contribution >= 4 is 5.91 Å². The van der Waals surface area contributed by atoms with Gasteiger partial charge in [0.15, 0.2) is 0 Å². The number of nitrogens with one attached hydrogen (secondary N) is 1. The molecule has 0 fully saturated rings. The summed E-state index contributed by atoms with van der Waals surface area (Å²) in [7, 11) is 3.85. The van der Waals surface area contributed by atoms with E-state index in [9.17, 15) is 9.18 Å². The van der Waals surface area contributed by atoms with Gasteiger partial charge in [0.1, 0.15) is 11.4 Å². The number of amides is 1. The van der Waals surface area contributed by atoms with E-state index in [4.69, 9.17) is 5.73 Å². The second-order valence-electron chi connectivity index (χ2n) is 4.61. The van der Waals surface area contributed by atoms with E-state index in [2.05, 4.69) is 10.3 Å². The Morgan fingerprint density at radius 1 is 1.56 bits per heavy atom. The van der Waals surface area contributed by atoms with Crippen molar-refractivity contribution in [2.45, 2.75) is 12.5 Å². The first kappa shape index (κ1) is 14.5. The monoisotopic (exact) mass is 254 g/mol. The maximum atomic E-state index is 13.2. The lowest BCUT2D eigenvalue weighted by molar-refractivity contribution is -0.124. The molecule has 0 spiro atoms. The summed E-state index contributed by atoms with van der Waals surface area (Å²) in [6.07, 6.45) is 2.53. The molecule has 0 aliphatic rings. The van der Waals surface area contributed by atoms with E-state index in [1.165, 1.54) is 12.3 Å². The smallest absolute Gasteiger partial charge is 0.242 e. The second kappa shape index (κ2) is 5.88. The van der Waals surface area contributed by atoms with Crippen LogP contribution in [0.2, 0.25) is 0 Å². The van der Waals surface area contributed by atoms with Crippen molar-refractivity contribution < 1.29 is 9.18 Å². The number of aromatic nitrogens is 1. The van der Waals surface area contributed by atoms with E-state index in [1.807, 2.05) is 19.0 Å². The molecule has 1 aromatic rings. The van der Waals surface area contributed by atoms with Crippen LogP contribution in [0.4, 0.5) is 4.39 Å². The maximum Gasteiger partial charge on any atom is 0.242 e. The van der Waals surface area contributed by atoms with E-state index in [-0.39, 0.29) is 0 Å². The Kier molecular flexibility index (Phi) is 4.75. The Hall–Kier alpha value is -1.53. The van der Waals surface area contributed by atoms with Crippen LogP contribution >= 0.6 is 0 Å². The van der Waals surface area contributed by atoms with Crippen molar-refractivity contribution in [2.75, 3.05) is 27.2 Å². The molecule has 100 valence electrons. The summed E-state index contributed by atoms with van der Waals surface area (Å²) in [5.41, 5.74) is 4.71. The highest BCUT2D eigenvalue weighted by Crippen LogP contribution is 2.20. The standard InChI is InChI=1S/C12H19FN4O/c1-12(11(14)18,16-4-5-17(2)3)9-6-10(13)8-15-7-9/h6-8,16H,4-5H2,1-3H3,(H2,14,18). The van der Waals surface area contributed by atoms with Gasteiger partial charge in [-0.3, -0.25) is 15.1 Å². The highest BCUT2D eigenvalue weighted by atomic mass is 19.1. The third-order valence-electron chi connectivity index (χ3n) is 2.81. The molecule has 0 bridgehead atoms. The Morgan fingerprint density at radius 2 is 2.22 bits per heavy atom. The van der Waals surface area contributed by atoms with Crippen LogP contribution in [0.1, 0.15) is 12.5 Å². The fourth-order valence-corrected chi connectivity index (χ4v) is 1.55. The molecule has 0 aromatic carbocycles. The fraction of sp³-hybridized carbons (Fsp3) is 0.500. The zero-order valence-electron chi connectivity index (χ0n) is 10.9. The van der Waals surface area contributed by atoms with Crippen LogP contribution in [-0.4, -0.2) is 43.0 Å². The van der Waals surface area contributed by atoms with Gasteiger partial charge in [-0.25, -0.2) is 4.39 Å². The molecule has 0 saturated heterocycles. The number of hydrogen-bond acceptors (Lipinski definition) is 4. The summed E-state index contributed by atoms with van der Waals surface area (Å²) >= 11 is 0. The predicted octanol–water partition coefficient (Wildman–Crippen LogP) is 0.0724. The molecule has 1 unspecified atom stereocenters. The number of likely N-dealkylation sites (N-methyl/N-ethyl adjacent to an activating group) is 1. The third-order valence-corrected chi connectivity index (χ3v) is 2.81. The number of pyridine rings is 1.